The van der Waals surface area contributed by atoms with Crippen molar-refractivity contribution >= 4 is 29.2 Å². The van der Waals surface area contributed by atoms with Gasteiger partial charge in [0.25, 0.3) is 0 Å². The Balaban J connectivity index is 1.53. The fraction of sp³-hybridized carbons (Fsp3) is 0.111. The first-order valence-corrected chi connectivity index (χ1v) is 11.9. The molecular weight excluding hydrogens is 474 g/mol. The van der Waals surface area contributed by atoms with Crippen molar-refractivity contribution in [3.05, 3.63) is 84.1 Å². The molecule has 8 nitrogen and oxygen atoms in total. The molecule has 0 radical (unpaired) electrons. The molecule has 1 atom stereocenters. The maximum Gasteiger partial charge on any atom is 0.237 e. The molecule has 3 N–H and O–H groups in total. The minimum atomic E-state index is -0.568. The van der Waals surface area contributed by atoms with E-state index >= 15 is 0 Å². The highest BCUT2D eigenvalue weighted by molar-refractivity contribution is 8.00. The van der Waals surface area contributed by atoms with E-state index in [9.17, 15) is 15.3 Å². The van der Waals surface area contributed by atoms with Crippen LogP contribution in [-0.4, -0.2) is 16.1 Å². The molecule has 0 saturated carbocycles. The largest absolute Gasteiger partial charge is 0.464 e. The molecule has 0 spiro atoms. The lowest BCUT2D eigenvalue weighted by Crippen LogP contribution is -2.25. The third-order valence-corrected chi connectivity index (χ3v) is 6.55. The Hall–Kier alpha value is -4.73. The van der Waals surface area contributed by atoms with E-state index in [-0.39, 0.29) is 33.4 Å². The van der Waals surface area contributed by atoms with E-state index in [1.807, 2.05) is 43.3 Å². The van der Waals surface area contributed by atoms with Crippen LogP contribution in [0.3, 0.4) is 0 Å². The summed E-state index contributed by atoms with van der Waals surface area (Å²) in [5.74, 6) is 1.39. The van der Waals surface area contributed by atoms with Crippen LogP contribution in [0, 0.1) is 22.7 Å². The first-order chi connectivity index (χ1) is 17.5. The molecule has 0 bridgehead atoms. The second-order valence-corrected chi connectivity index (χ2v) is 8.76. The molecule has 0 aliphatic carbocycles. The van der Waals surface area contributed by atoms with E-state index in [2.05, 4.69) is 16.4 Å². The van der Waals surface area contributed by atoms with Gasteiger partial charge in [0.05, 0.1) is 22.6 Å². The maximum absolute atomic E-state index is 13.1. The van der Waals surface area contributed by atoms with Crippen LogP contribution in [0.1, 0.15) is 24.5 Å². The van der Waals surface area contributed by atoms with E-state index in [1.165, 1.54) is 6.26 Å². The number of para-hydroxylation sites is 1. The molecule has 0 aliphatic rings. The summed E-state index contributed by atoms with van der Waals surface area (Å²) in [6, 6.07) is 23.8. The van der Waals surface area contributed by atoms with E-state index < -0.39 is 5.25 Å². The number of carbonyl (C=O) groups excluding carboxylic acids is 1. The molecule has 1 amide bonds. The molecule has 2 aromatic carbocycles. The standard InChI is InChI=1S/C27H21N5O3S/c1-2-23(26(33)31-17-10-12-19(13-11-17)35-18-7-4-3-5-8-18)36-27-21(16-29)24(22-9-6-14-34-22)20(15-28)25(30)32-27/h3-14,23H,2H2,1H3,(H2,30,32)(H,31,33). The van der Waals surface area contributed by atoms with Gasteiger partial charge >= 0.3 is 0 Å². The number of furan rings is 1. The first-order valence-electron chi connectivity index (χ1n) is 11.0. The highest BCUT2D eigenvalue weighted by atomic mass is 32.2. The lowest BCUT2D eigenvalue weighted by molar-refractivity contribution is -0.115. The summed E-state index contributed by atoms with van der Waals surface area (Å²) >= 11 is 1.12. The molecular formula is C27H21N5O3S. The number of rotatable bonds is 8. The normalized spacial score (nSPS) is 11.2. The van der Waals surface area contributed by atoms with Crippen molar-refractivity contribution in [1.29, 1.82) is 10.5 Å². The van der Waals surface area contributed by atoms with E-state index in [0.29, 0.717) is 29.4 Å². The van der Waals surface area contributed by atoms with Gasteiger partial charge in [0.1, 0.15) is 45.8 Å². The zero-order valence-corrected chi connectivity index (χ0v) is 20.1. The minimum absolute atomic E-state index is 0.0327. The Bertz CT molecular complexity index is 1440. The van der Waals surface area contributed by atoms with E-state index in [0.717, 1.165) is 11.8 Å². The monoisotopic (exact) mass is 495 g/mol. The predicted octanol–water partition coefficient (Wildman–Crippen LogP) is 5.97. The fourth-order valence-electron chi connectivity index (χ4n) is 3.46. The van der Waals surface area contributed by atoms with Gasteiger partial charge in [-0.05, 0) is 55.0 Å². The summed E-state index contributed by atoms with van der Waals surface area (Å²) < 4.78 is 11.2. The van der Waals surface area contributed by atoms with Crippen molar-refractivity contribution in [1.82, 2.24) is 4.98 Å². The SMILES string of the molecule is CCC(Sc1nc(N)c(C#N)c(-c2ccco2)c1C#N)C(=O)Nc1ccc(Oc2ccccc2)cc1. The summed E-state index contributed by atoms with van der Waals surface area (Å²) in [4.78, 5) is 17.3. The molecule has 0 aliphatic heterocycles. The van der Waals surface area contributed by atoms with Crippen LogP contribution in [0.2, 0.25) is 0 Å². The van der Waals surface area contributed by atoms with Crippen molar-refractivity contribution in [2.75, 3.05) is 11.1 Å². The molecule has 178 valence electrons. The summed E-state index contributed by atoms with van der Waals surface area (Å²) in [5.41, 5.74) is 7.10. The van der Waals surface area contributed by atoms with E-state index in [1.54, 1.807) is 36.4 Å². The number of benzene rings is 2. The molecule has 1 unspecified atom stereocenters. The molecule has 2 aromatic heterocycles. The number of nitriles is 2. The third kappa shape index (κ3) is 5.33. The van der Waals surface area contributed by atoms with Gasteiger partial charge in [-0.2, -0.15) is 10.5 Å². The fourth-order valence-corrected chi connectivity index (χ4v) is 4.48. The topological polar surface area (TPSA) is 138 Å². The molecule has 0 saturated heterocycles. The predicted molar refractivity (Wildman–Crippen MR) is 137 cm³/mol. The number of ether oxygens (including phenoxy) is 1. The van der Waals surface area contributed by atoms with Crippen LogP contribution < -0.4 is 15.8 Å². The van der Waals surface area contributed by atoms with Gasteiger partial charge in [-0.25, -0.2) is 4.98 Å². The van der Waals surface area contributed by atoms with Crippen molar-refractivity contribution < 1.29 is 13.9 Å². The number of pyridine rings is 1. The summed E-state index contributed by atoms with van der Waals surface area (Å²) in [7, 11) is 0. The lowest BCUT2D eigenvalue weighted by atomic mass is 10.0. The third-order valence-electron chi connectivity index (χ3n) is 5.20. The minimum Gasteiger partial charge on any atom is -0.464 e. The van der Waals surface area contributed by atoms with Crippen LogP contribution in [0.4, 0.5) is 11.5 Å². The zero-order valence-electron chi connectivity index (χ0n) is 19.3. The Labute approximate surface area is 212 Å². The smallest absolute Gasteiger partial charge is 0.237 e. The second kappa shape index (κ2) is 11.1. The Morgan fingerprint density at radius 2 is 1.75 bits per heavy atom. The van der Waals surface area contributed by atoms with Crippen LogP contribution in [0.5, 0.6) is 11.5 Å². The zero-order chi connectivity index (χ0) is 25.5. The van der Waals surface area contributed by atoms with E-state index in [4.69, 9.17) is 14.9 Å². The van der Waals surface area contributed by atoms with Gasteiger partial charge in [0.15, 0.2) is 0 Å². The maximum atomic E-state index is 13.1. The molecule has 4 rings (SSSR count). The Morgan fingerprint density at radius 1 is 1.06 bits per heavy atom. The average Bonchev–Trinajstić information content (AvgIpc) is 3.43. The number of aromatic nitrogens is 1. The number of nitrogens with zero attached hydrogens (tertiary/aromatic N) is 3. The van der Waals surface area contributed by atoms with Gasteiger partial charge in [0.2, 0.25) is 5.91 Å². The lowest BCUT2D eigenvalue weighted by Gasteiger charge is -2.17. The molecule has 9 heteroatoms. The number of anilines is 2. The van der Waals surface area contributed by atoms with Gasteiger partial charge in [-0.3, -0.25) is 4.79 Å². The van der Waals surface area contributed by atoms with Crippen LogP contribution in [-0.2, 0) is 4.79 Å². The quantitative estimate of drug-likeness (QED) is 0.285. The second-order valence-electron chi connectivity index (χ2n) is 7.57. The number of nitrogens with one attached hydrogen (secondary N) is 1. The summed E-state index contributed by atoms with van der Waals surface area (Å²) in [5, 5.41) is 22.1. The van der Waals surface area contributed by atoms with Crippen molar-refractivity contribution in [2.45, 2.75) is 23.6 Å². The van der Waals surface area contributed by atoms with Crippen molar-refractivity contribution in [3.63, 3.8) is 0 Å². The number of hydrogen-bond acceptors (Lipinski definition) is 8. The highest BCUT2D eigenvalue weighted by Crippen LogP contribution is 2.38. The number of carbonyl (C=O) groups is 1. The van der Waals surface area contributed by atoms with Gasteiger partial charge < -0.3 is 20.2 Å². The number of nitrogen functional groups attached to an aromatic ring is 1. The Kier molecular flexibility index (Phi) is 7.54. The summed E-state index contributed by atoms with van der Waals surface area (Å²) in [6.07, 6.45) is 1.91. The van der Waals surface area contributed by atoms with Gasteiger partial charge in [0, 0.05) is 5.69 Å². The molecule has 36 heavy (non-hydrogen) atoms. The molecule has 2 heterocycles. The highest BCUT2D eigenvalue weighted by Gasteiger charge is 2.26. The number of nitrogens with two attached hydrogens (primary N) is 1. The number of amides is 1. The average molecular weight is 496 g/mol. The van der Waals surface area contributed by atoms with Crippen LogP contribution in [0.25, 0.3) is 11.3 Å². The summed E-state index contributed by atoms with van der Waals surface area (Å²) in [6.45, 7) is 1.86. The Morgan fingerprint density at radius 3 is 2.36 bits per heavy atom. The van der Waals surface area contributed by atoms with Gasteiger partial charge in [-0.15, -0.1) is 0 Å². The molecule has 0 fully saturated rings. The van der Waals surface area contributed by atoms with Crippen LogP contribution >= 0.6 is 11.8 Å². The van der Waals surface area contributed by atoms with Crippen LogP contribution in [0.15, 0.2) is 82.4 Å². The number of hydrogen-bond donors (Lipinski definition) is 2. The van der Waals surface area contributed by atoms with Crippen molar-refractivity contribution in [2.24, 2.45) is 0 Å². The molecule has 4 aromatic rings. The number of thioether (sulfide) groups is 1. The first kappa shape index (κ1) is 24.4. The van der Waals surface area contributed by atoms with Gasteiger partial charge in [-0.1, -0.05) is 36.9 Å². The van der Waals surface area contributed by atoms with Crippen molar-refractivity contribution in [3.8, 4) is 35.0 Å².